The van der Waals surface area contributed by atoms with Gasteiger partial charge in [0, 0.05) is 6.42 Å². The van der Waals surface area contributed by atoms with Crippen molar-refractivity contribution >= 4 is 5.91 Å². The maximum absolute atomic E-state index is 12.4. The van der Waals surface area contributed by atoms with E-state index in [2.05, 4.69) is 15.3 Å². The molecule has 0 aliphatic heterocycles. The third kappa shape index (κ3) is 5.22. The Labute approximate surface area is 166 Å². The molecule has 0 saturated carbocycles. The summed E-state index contributed by atoms with van der Waals surface area (Å²) in [6.45, 7) is 4.66. The summed E-state index contributed by atoms with van der Waals surface area (Å²) in [6.07, 6.45) is 3.73. The van der Waals surface area contributed by atoms with E-state index in [4.69, 9.17) is 4.74 Å². The minimum absolute atomic E-state index is 0.0263. The number of nitrogens with zero attached hydrogens (tertiary/aromatic N) is 1. The van der Waals surface area contributed by atoms with E-state index in [1.807, 2.05) is 74.6 Å². The number of hydrogen-bond donors (Lipinski definition) is 2. The van der Waals surface area contributed by atoms with Crippen LogP contribution in [0.3, 0.4) is 0 Å². The molecule has 5 nitrogen and oxygen atoms in total. The highest BCUT2D eigenvalue weighted by Crippen LogP contribution is 2.20. The van der Waals surface area contributed by atoms with Crippen molar-refractivity contribution in [2.24, 2.45) is 0 Å². The minimum atomic E-state index is -0.120. The van der Waals surface area contributed by atoms with Gasteiger partial charge in [-0.2, -0.15) is 0 Å². The monoisotopic (exact) mass is 377 g/mol. The Balaban J connectivity index is 1.55. The molecule has 1 aromatic heterocycles. The molecule has 2 N–H and O–H groups in total. The van der Waals surface area contributed by atoms with E-state index < -0.39 is 0 Å². The van der Waals surface area contributed by atoms with Gasteiger partial charge in [-0.25, -0.2) is 4.98 Å². The first-order valence-electron chi connectivity index (χ1n) is 9.81. The summed E-state index contributed by atoms with van der Waals surface area (Å²) in [5, 5.41) is 3.09. The van der Waals surface area contributed by atoms with Gasteiger partial charge in [0.2, 0.25) is 5.91 Å². The number of H-pyrrole nitrogens is 1. The SMILES string of the molecule is CCOc1ccc(CCC(=O)NC(CC)c2ncc(-c3ccccc3)[nH]2)cc1. The molecule has 1 heterocycles. The molecular weight excluding hydrogens is 350 g/mol. The third-order valence-electron chi connectivity index (χ3n) is 4.63. The summed E-state index contributed by atoms with van der Waals surface area (Å²) in [5.41, 5.74) is 3.16. The van der Waals surface area contributed by atoms with Gasteiger partial charge in [0.25, 0.3) is 0 Å². The van der Waals surface area contributed by atoms with E-state index in [0.29, 0.717) is 19.4 Å². The second-order valence-corrected chi connectivity index (χ2v) is 6.65. The largest absolute Gasteiger partial charge is 0.494 e. The van der Waals surface area contributed by atoms with Crippen LogP contribution >= 0.6 is 0 Å². The molecule has 5 heteroatoms. The number of imidazole rings is 1. The number of carbonyl (C=O) groups excluding carboxylic acids is 1. The molecule has 1 unspecified atom stereocenters. The molecular formula is C23H27N3O2. The van der Waals surface area contributed by atoms with Gasteiger partial charge in [0.15, 0.2) is 0 Å². The molecule has 1 amide bonds. The molecule has 0 bridgehead atoms. The standard InChI is InChI=1S/C23H27N3O2/c1-3-20(23-24-16-21(26-23)18-8-6-5-7-9-18)25-22(27)15-12-17-10-13-19(14-11-17)28-4-2/h5-11,13-14,16,20H,3-4,12,15H2,1-2H3,(H,24,26)(H,25,27). The van der Waals surface area contributed by atoms with Crippen molar-refractivity contribution < 1.29 is 9.53 Å². The minimum Gasteiger partial charge on any atom is -0.494 e. The van der Waals surface area contributed by atoms with Gasteiger partial charge >= 0.3 is 0 Å². The lowest BCUT2D eigenvalue weighted by Gasteiger charge is -2.15. The molecule has 0 fully saturated rings. The molecule has 1 atom stereocenters. The maximum Gasteiger partial charge on any atom is 0.220 e. The van der Waals surface area contributed by atoms with E-state index in [9.17, 15) is 4.79 Å². The first-order valence-corrected chi connectivity index (χ1v) is 9.81. The maximum atomic E-state index is 12.4. The van der Waals surface area contributed by atoms with Crippen molar-refractivity contribution in [3.63, 3.8) is 0 Å². The van der Waals surface area contributed by atoms with Gasteiger partial charge in [0.05, 0.1) is 24.5 Å². The topological polar surface area (TPSA) is 67.0 Å². The lowest BCUT2D eigenvalue weighted by molar-refractivity contribution is -0.121. The number of ether oxygens (including phenoxy) is 1. The van der Waals surface area contributed by atoms with E-state index in [1.165, 1.54) is 0 Å². The molecule has 2 aromatic carbocycles. The van der Waals surface area contributed by atoms with Gasteiger partial charge in [-0.3, -0.25) is 4.79 Å². The molecule has 3 rings (SSSR count). The van der Waals surface area contributed by atoms with Crippen LogP contribution in [0.2, 0.25) is 0 Å². The van der Waals surface area contributed by atoms with Crippen LogP contribution in [-0.2, 0) is 11.2 Å². The summed E-state index contributed by atoms with van der Waals surface area (Å²) >= 11 is 0. The van der Waals surface area contributed by atoms with Gasteiger partial charge in [-0.15, -0.1) is 0 Å². The van der Waals surface area contributed by atoms with Crippen molar-refractivity contribution in [2.45, 2.75) is 39.2 Å². The zero-order chi connectivity index (χ0) is 19.8. The molecule has 0 aliphatic rings. The number of benzene rings is 2. The summed E-state index contributed by atoms with van der Waals surface area (Å²) in [4.78, 5) is 20.2. The number of nitrogens with one attached hydrogen (secondary N) is 2. The number of rotatable bonds is 9. The average Bonchev–Trinajstić information content (AvgIpc) is 3.22. The van der Waals surface area contributed by atoms with Crippen molar-refractivity contribution in [1.29, 1.82) is 0 Å². The first-order chi connectivity index (χ1) is 13.7. The van der Waals surface area contributed by atoms with Crippen LogP contribution < -0.4 is 10.1 Å². The average molecular weight is 377 g/mol. The van der Waals surface area contributed by atoms with Gasteiger partial charge in [0.1, 0.15) is 11.6 Å². The van der Waals surface area contributed by atoms with Gasteiger partial charge in [-0.05, 0) is 43.0 Å². The number of aromatic nitrogens is 2. The fourth-order valence-corrected chi connectivity index (χ4v) is 3.09. The van der Waals surface area contributed by atoms with Crippen molar-refractivity contribution in [2.75, 3.05) is 6.61 Å². The Morgan fingerprint density at radius 1 is 1.11 bits per heavy atom. The summed E-state index contributed by atoms with van der Waals surface area (Å²) in [5.74, 6) is 1.67. The van der Waals surface area contributed by atoms with Crippen LogP contribution in [0.5, 0.6) is 5.75 Å². The number of hydrogen-bond acceptors (Lipinski definition) is 3. The van der Waals surface area contributed by atoms with E-state index in [-0.39, 0.29) is 11.9 Å². The first kappa shape index (κ1) is 19.7. The van der Waals surface area contributed by atoms with Gasteiger partial charge < -0.3 is 15.0 Å². The molecule has 0 aliphatic carbocycles. The predicted octanol–water partition coefficient (Wildman–Crippen LogP) is 4.68. The van der Waals surface area contributed by atoms with E-state index in [1.54, 1.807) is 0 Å². The Morgan fingerprint density at radius 3 is 2.54 bits per heavy atom. The van der Waals surface area contributed by atoms with Crippen LogP contribution in [0.4, 0.5) is 0 Å². The molecule has 0 spiro atoms. The van der Waals surface area contributed by atoms with E-state index >= 15 is 0 Å². The Morgan fingerprint density at radius 2 is 1.86 bits per heavy atom. The Hall–Kier alpha value is -3.08. The second kappa shape index (κ2) is 9.74. The molecule has 3 aromatic rings. The summed E-state index contributed by atoms with van der Waals surface area (Å²) in [7, 11) is 0. The highest BCUT2D eigenvalue weighted by molar-refractivity contribution is 5.76. The van der Waals surface area contributed by atoms with Crippen LogP contribution in [0.25, 0.3) is 11.3 Å². The Bertz CT molecular complexity index is 872. The van der Waals surface area contributed by atoms with Crippen molar-refractivity contribution in [1.82, 2.24) is 15.3 Å². The van der Waals surface area contributed by atoms with Crippen LogP contribution in [0.1, 0.15) is 44.1 Å². The number of amides is 1. The molecule has 0 radical (unpaired) electrons. The van der Waals surface area contributed by atoms with Crippen LogP contribution in [0, 0.1) is 0 Å². The predicted molar refractivity (Wildman–Crippen MR) is 111 cm³/mol. The highest BCUT2D eigenvalue weighted by Gasteiger charge is 2.16. The third-order valence-corrected chi connectivity index (χ3v) is 4.63. The Kier molecular flexibility index (Phi) is 6.84. The molecule has 146 valence electrons. The fourth-order valence-electron chi connectivity index (χ4n) is 3.09. The van der Waals surface area contributed by atoms with Gasteiger partial charge in [-0.1, -0.05) is 49.4 Å². The summed E-state index contributed by atoms with van der Waals surface area (Å²) in [6, 6.07) is 17.8. The fraction of sp³-hybridized carbons (Fsp3) is 0.304. The number of aromatic amines is 1. The van der Waals surface area contributed by atoms with Crippen molar-refractivity contribution in [3.8, 4) is 17.0 Å². The molecule has 28 heavy (non-hydrogen) atoms. The van der Waals surface area contributed by atoms with Crippen LogP contribution in [0.15, 0.2) is 60.8 Å². The lowest BCUT2D eigenvalue weighted by Crippen LogP contribution is -2.29. The number of carbonyl (C=O) groups is 1. The second-order valence-electron chi connectivity index (χ2n) is 6.65. The van der Waals surface area contributed by atoms with Crippen LogP contribution in [-0.4, -0.2) is 22.5 Å². The zero-order valence-electron chi connectivity index (χ0n) is 16.4. The summed E-state index contributed by atoms with van der Waals surface area (Å²) < 4.78 is 5.45. The lowest BCUT2D eigenvalue weighted by atomic mass is 10.1. The van der Waals surface area contributed by atoms with Crippen molar-refractivity contribution in [3.05, 3.63) is 72.2 Å². The molecule has 0 saturated heterocycles. The number of aryl methyl sites for hydroxylation is 1. The van der Waals surface area contributed by atoms with E-state index in [0.717, 1.165) is 34.8 Å². The zero-order valence-corrected chi connectivity index (χ0v) is 16.4. The highest BCUT2D eigenvalue weighted by atomic mass is 16.5. The normalized spacial score (nSPS) is 11.8. The quantitative estimate of drug-likeness (QED) is 0.569. The smallest absolute Gasteiger partial charge is 0.220 e.